The van der Waals surface area contributed by atoms with Gasteiger partial charge in [-0.3, -0.25) is 0 Å². The molecule has 58 valence electrons. The second kappa shape index (κ2) is 3.74. The molecule has 0 unspecified atom stereocenters. The Kier molecular flexibility index (Phi) is 2.90. The van der Waals surface area contributed by atoms with E-state index in [1.807, 2.05) is 0 Å². The number of hydrogen-bond donors (Lipinski definition) is 2. The summed E-state index contributed by atoms with van der Waals surface area (Å²) in [5.41, 5.74) is 0. The lowest BCUT2D eigenvalue weighted by atomic mass is 10.0. The van der Waals surface area contributed by atoms with Crippen LogP contribution >= 0.6 is 0 Å². The molecule has 0 saturated carbocycles. The van der Waals surface area contributed by atoms with Crippen LogP contribution in [0.15, 0.2) is 12.2 Å². The molecule has 0 bridgehead atoms. The molecule has 0 heterocycles. The smallest absolute Gasteiger partial charge is 0.0721 e. The largest absolute Gasteiger partial charge is 0.389 e. The molecule has 0 aromatic carbocycles. The zero-order valence-electron chi connectivity index (χ0n) is 6.03. The van der Waals surface area contributed by atoms with Gasteiger partial charge in [0.1, 0.15) is 0 Å². The molecule has 0 aliphatic heterocycles. The highest BCUT2D eigenvalue weighted by Crippen LogP contribution is 2.11. The van der Waals surface area contributed by atoms with E-state index in [-0.39, 0.29) is 12.2 Å². The lowest BCUT2D eigenvalue weighted by molar-refractivity contribution is 0.175. The maximum absolute atomic E-state index is 9.13. The minimum atomic E-state index is -0.338. The minimum absolute atomic E-state index is 0.338. The van der Waals surface area contributed by atoms with E-state index in [0.29, 0.717) is 0 Å². The molecule has 0 aromatic rings. The first kappa shape index (κ1) is 7.76. The Morgan fingerprint density at radius 1 is 0.900 bits per heavy atom. The van der Waals surface area contributed by atoms with Crippen LogP contribution in [0, 0.1) is 0 Å². The predicted molar refractivity (Wildman–Crippen MR) is 39.6 cm³/mol. The first-order valence-electron chi connectivity index (χ1n) is 3.83. The molecule has 2 atom stereocenters. The van der Waals surface area contributed by atoms with Crippen molar-refractivity contribution in [3.8, 4) is 0 Å². The topological polar surface area (TPSA) is 40.5 Å². The first-order chi connectivity index (χ1) is 4.79. The number of hydrogen-bond acceptors (Lipinski definition) is 2. The molecule has 2 nitrogen and oxygen atoms in total. The fraction of sp³-hybridized carbons (Fsp3) is 0.750. The van der Waals surface area contributed by atoms with E-state index in [2.05, 4.69) is 0 Å². The summed E-state index contributed by atoms with van der Waals surface area (Å²) < 4.78 is 0. The molecule has 2 N–H and O–H groups in total. The van der Waals surface area contributed by atoms with Crippen molar-refractivity contribution in [2.45, 2.75) is 37.9 Å². The second-order valence-corrected chi connectivity index (χ2v) is 2.80. The summed E-state index contributed by atoms with van der Waals surface area (Å²) >= 11 is 0. The van der Waals surface area contributed by atoms with Gasteiger partial charge >= 0.3 is 0 Å². The van der Waals surface area contributed by atoms with Gasteiger partial charge in [-0.1, -0.05) is 25.0 Å². The monoisotopic (exact) mass is 142 g/mol. The summed E-state index contributed by atoms with van der Waals surface area (Å²) in [5.74, 6) is 0. The maximum atomic E-state index is 9.13. The highest BCUT2D eigenvalue weighted by atomic mass is 16.3. The van der Waals surface area contributed by atoms with Crippen LogP contribution in [0.1, 0.15) is 25.7 Å². The zero-order valence-corrected chi connectivity index (χ0v) is 6.03. The maximum Gasteiger partial charge on any atom is 0.0721 e. The van der Waals surface area contributed by atoms with Crippen molar-refractivity contribution in [1.29, 1.82) is 0 Å². The van der Waals surface area contributed by atoms with Crippen molar-refractivity contribution in [3.05, 3.63) is 12.2 Å². The van der Waals surface area contributed by atoms with Crippen molar-refractivity contribution in [1.82, 2.24) is 0 Å². The van der Waals surface area contributed by atoms with Crippen LogP contribution in [0.3, 0.4) is 0 Å². The summed E-state index contributed by atoms with van der Waals surface area (Å²) in [6.45, 7) is 0. The van der Waals surface area contributed by atoms with Gasteiger partial charge in [0.2, 0.25) is 0 Å². The molecule has 1 aliphatic carbocycles. The molecule has 1 rings (SSSR count). The zero-order chi connectivity index (χ0) is 7.40. The van der Waals surface area contributed by atoms with E-state index in [1.54, 1.807) is 12.2 Å². The van der Waals surface area contributed by atoms with E-state index < -0.39 is 0 Å². The van der Waals surface area contributed by atoms with Crippen LogP contribution in [0.5, 0.6) is 0 Å². The molecule has 1 aliphatic rings. The van der Waals surface area contributed by atoms with Gasteiger partial charge in [-0.15, -0.1) is 0 Å². The van der Waals surface area contributed by atoms with E-state index in [9.17, 15) is 0 Å². The van der Waals surface area contributed by atoms with Crippen LogP contribution in [-0.2, 0) is 0 Å². The lowest BCUT2D eigenvalue weighted by Crippen LogP contribution is -2.10. The van der Waals surface area contributed by atoms with Gasteiger partial charge in [-0.2, -0.15) is 0 Å². The van der Waals surface area contributed by atoms with Gasteiger partial charge < -0.3 is 10.2 Å². The average Bonchev–Trinajstić information content (AvgIpc) is 1.90. The van der Waals surface area contributed by atoms with Gasteiger partial charge in [0.15, 0.2) is 0 Å². The van der Waals surface area contributed by atoms with Crippen LogP contribution in [0.4, 0.5) is 0 Å². The fourth-order valence-corrected chi connectivity index (χ4v) is 1.16. The van der Waals surface area contributed by atoms with Crippen LogP contribution in [0.2, 0.25) is 0 Å². The normalized spacial score (nSPS) is 38.2. The molecular formula is C8H14O2. The molecule has 0 aromatic heterocycles. The van der Waals surface area contributed by atoms with Gasteiger partial charge in [0.05, 0.1) is 12.2 Å². The third-order valence-corrected chi connectivity index (χ3v) is 1.81. The van der Waals surface area contributed by atoms with Gasteiger partial charge in [0, 0.05) is 0 Å². The van der Waals surface area contributed by atoms with E-state index in [0.717, 1.165) is 25.7 Å². The summed E-state index contributed by atoms with van der Waals surface area (Å²) in [4.78, 5) is 0. The van der Waals surface area contributed by atoms with Gasteiger partial charge in [-0.25, -0.2) is 0 Å². The Balaban J connectivity index is 2.42. The molecule has 10 heavy (non-hydrogen) atoms. The Morgan fingerprint density at radius 3 is 1.70 bits per heavy atom. The Morgan fingerprint density at radius 2 is 1.30 bits per heavy atom. The minimum Gasteiger partial charge on any atom is -0.389 e. The third kappa shape index (κ3) is 2.50. The summed E-state index contributed by atoms with van der Waals surface area (Å²) in [6, 6.07) is 0. The molecule has 0 amide bonds. The Labute approximate surface area is 61.2 Å². The van der Waals surface area contributed by atoms with E-state index in [1.165, 1.54) is 0 Å². The Bertz CT molecular complexity index is 106. The molecule has 0 radical (unpaired) electrons. The third-order valence-electron chi connectivity index (χ3n) is 1.81. The van der Waals surface area contributed by atoms with Crippen LogP contribution in [0.25, 0.3) is 0 Å². The van der Waals surface area contributed by atoms with E-state index in [4.69, 9.17) is 10.2 Å². The summed E-state index contributed by atoms with van der Waals surface area (Å²) in [6.07, 6.45) is 6.40. The molecule has 2 heteroatoms. The predicted octanol–water partition coefficient (Wildman–Crippen LogP) is 0.838. The highest BCUT2D eigenvalue weighted by Gasteiger charge is 2.06. The fourth-order valence-electron chi connectivity index (χ4n) is 1.16. The van der Waals surface area contributed by atoms with Crippen molar-refractivity contribution in [3.63, 3.8) is 0 Å². The molecule has 0 spiro atoms. The molecular weight excluding hydrogens is 128 g/mol. The van der Waals surface area contributed by atoms with Crippen LogP contribution < -0.4 is 0 Å². The van der Waals surface area contributed by atoms with Crippen molar-refractivity contribution in [2.24, 2.45) is 0 Å². The highest BCUT2D eigenvalue weighted by molar-refractivity contribution is 4.94. The van der Waals surface area contributed by atoms with Gasteiger partial charge in [0.25, 0.3) is 0 Å². The number of aliphatic hydroxyl groups is 2. The molecule has 0 fully saturated rings. The van der Waals surface area contributed by atoms with E-state index >= 15 is 0 Å². The average molecular weight is 142 g/mol. The lowest BCUT2D eigenvalue weighted by Gasteiger charge is -2.11. The van der Waals surface area contributed by atoms with Gasteiger partial charge in [-0.05, 0) is 12.8 Å². The Hall–Kier alpha value is -0.340. The number of aliphatic hydroxyl groups excluding tert-OH is 2. The standard InChI is InChI=1S/C8H14O2/c9-7-3-1-2-4-8(10)6-5-7/h5-10H,1-4H2/b6-5-/t7-,8+. The van der Waals surface area contributed by atoms with Crippen LogP contribution in [-0.4, -0.2) is 22.4 Å². The SMILES string of the molecule is O[C@@H]1/C=C\[C@H](O)CCCC1. The molecule has 0 saturated heterocycles. The first-order valence-corrected chi connectivity index (χ1v) is 3.83. The second-order valence-electron chi connectivity index (χ2n) is 2.80. The van der Waals surface area contributed by atoms with Crippen molar-refractivity contribution >= 4 is 0 Å². The summed E-state index contributed by atoms with van der Waals surface area (Å²) in [7, 11) is 0. The quantitative estimate of drug-likeness (QED) is 0.492. The van der Waals surface area contributed by atoms with Crippen molar-refractivity contribution < 1.29 is 10.2 Å². The number of rotatable bonds is 0. The summed E-state index contributed by atoms with van der Waals surface area (Å²) in [5, 5.41) is 18.3. The van der Waals surface area contributed by atoms with Crippen molar-refractivity contribution in [2.75, 3.05) is 0 Å².